The highest BCUT2D eigenvalue weighted by Crippen LogP contribution is 2.32. The molecule has 0 aliphatic carbocycles. The number of thiazole rings is 1. The number of nitrogens with zero attached hydrogens (tertiary/aromatic N) is 4. The molecule has 0 unspecified atom stereocenters. The zero-order valence-corrected chi connectivity index (χ0v) is 15.3. The van der Waals surface area contributed by atoms with Crippen LogP contribution in [0.1, 0.15) is 12.8 Å². The molecule has 7 heteroatoms. The molecule has 4 heterocycles. The lowest BCUT2D eigenvalue weighted by molar-refractivity contribution is 0.162. The van der Waals surface area contributed by atoms with Crippen LogP contribution >= 0.6 is 11.3 Å². The molecule has 5 rings (SSSR count). The maximum Gasteiger partial charge on any atom is 0.274 e. The number of piperidine rings is 1. The number of nitrogens with one attached hydrogen (secondary N) is 1. The van der Waals surface area contributed by atoms with Crippen molar-refractivity contribution in [2.75, 3.05) is 13.1 Å². The second-order valence-corrected chi connectivity index (χ2v) is 7.65. The van der Waals surface area contributed by atoms with Gasteiger partial charge in [-0.15, -0.1) is 0 Å². The highest BCUT2D eigenvalue weighted by molar-refractivity contribution is 7.20. The van der Waals surface area contributed by atoms with Gasteiger partial charge in [0.1, 0.15) is 11.6 Å². The number of pyridine rings is 1. The Kier molecular flexibility index (Phi) is 3.83. The molecule has 1 fully saturated rings. The molecule has 1 aliphatic heterocycles. The topological polar surface area (TPSA) is 64.9 Å². The fourth-order valence-corrected chi connectivity index (χ4v) is 4.27. The van der Waals surface area contributed by atoms with E-state index in [-0.39, 0.29) is 6.10 Å². The first kappa shape index (κ1) is 15.7. The van der Waals surface area contributed by atoms with Crippen LogP contribution in [0.3, 0.4) is 0 Å². The van der Waals surface area contributed by atoms with Crippen LogP contribution in [-0.4, -0.2) is 38.9 Å². The molecule has 4 aromatic rings. The van der Waals surface area contributed by atoms with Crippen LogP contribution in [0.4, 0.5) is 0 Å². The summed E-state index contributed by atoms with van der Waals surface area (Å²) in [5.74, 6) is 0. The third-order valence-corrected chi connectivity index (χ3v) is 5.63. The molecule has 6 nitrogen and oxygen atoms in total. The first-order valence-electron chi connectivity index (χ1n) is 8.82. The van der Waals surface area contributed by atoms with Crippen LogP contribution in [0.15, 0.2) is 36.7 Å². The number of benzene rings is 1. The van der Waals surface area contributed by atoms with Crippen LogP contribution in [0.25, 0.3) is 32.4 Å². The fraction of sp³-hybridized carbons (Fsp3) is 0.316. The number of hydrogen-bond donors (Lipinski definition) is 1. The van der Waals surface area contributed by atoms with E-state index in [1.807, 2.05) is 30.2 Å². The van der Waals surface area contributed by atoms with Gasteiger partial charge in [-0.1, -0.05) is 17.4 Å². The number of ether oxygens (including phenoxy) is 1. The first-order valence-corrected chi connectivity index (χ1v) is 9.64. The van der Waals surface area contributed by atoms with Crippen LogP contribution in [-0.2, 0) is 7.05 Å². The van der Waals surface area contributed by atoms with Crippen molar-refractivity contribution < 1.29 is 4.74 Å². The molecular formula is C19H19N5OS. The van der Waals surface area contributed by atoms with Crippen molar-refractivity contribution in [1.82, 2.24) is 25.1 Å². The molecule has 26 heavy (non-hydrogen) atoms. The zero-order chi connectivity index (χ0) is 17.5. The van der Waals surface area contributed by atoms with E-state index < -0.39 is 0 Å². The smallest absolute Gasteiger partial charge is 0.274 e. The maximum absolute atomic E-state index is 6.07. The predicted octanol–water partition coefficient (Wildman–Crippen LogP) is 3.38. The number of rotatable bonds is 3. The minimum absolute atomic E-state index is 0.261. The third kappa shape index (κ3) is 2.93. The van der Waals surface area contributed by atoms with Gasteiger partial charge in [-0.25, -0.2) is 4.98 Å². The molecule has 0 atom stereocenters. The van der Waals surface area contributed by atoms with Crippen molar-refractivity contribution in [3.05, 3.63) is 36.7 Å². The van der Waals surface area contributed by atoms with Gasteiger partial charge >= 0.3 is 0 Å². The van der Waals surface area contributed by atoms with Crippen molar-refractivity contribution in [2.45, 2.75) is 18.9 Å². The molecule has 1 saturated heterocycles. The molecule has 0 spiro atoms. The van der Waals surface area contributed by atoms with Gasteiger partial charge in [-0.3, -0.25) is 9.67 Å². The Morgan fingerprint density at radius 1 is 1.19 bits per heavy atom. The van der Waals surface area contributed by atoms with E-state index in [1.165, 1.54) is 0 Å². The summed E-state index contributed by atoms with van der Waals surface area (Å²) in [4.78, 5) is 9.20. The van der Waals surface area contributed by atoms with E-state index >= 15 is 0 Å². The van der Waals surface area contributed by atoms with E-state index in [0.717, 1.165) is 63.5 Å². The fourth-order valence-electron chi connectivity index (χ4n) is 3.38. The largest absolute Gasteiger partial charge is 0.467 e. The summed E-state index contributed by atoms with van der Waals surface area (Å²) in [6.07, 6.45) is 6.19. The van der Waals surface area contributed by atoms with Gasteiger partial charge in [0.05, 0.1) is 22.1 Å². The molecule has 3 aromatic heterocycles. The third-order valence-electron chi connectivity index (χ3n) is 4.72. The SMILES string of the molecule is Cn1cc2cc(-c3cc4sc(OC5CCNCC5)nc4cn3)ccc2n1. The first-order chi connectivity index (χ1) is 12.7. The second kappa shape index (κ2) is 6.34. The lowest BCUT2D eigenvalue weighted by Gasteiger charge is -2.22. The van der Waals surface area contributed by atoms with Crippen LogP contribution in [0, 0.1) is 0 Å². The molecular weight excluding hydrogens is 346 g/mol. The van der Waals surface area contributed by atoms with Crippen molar-refractivity contribution in [2.24, 2.45) is 7.05 Å². The summed E-state index contributed by atoms with van der Waals surface area (Å²) < 4.78 is 9.01. The zero-order valence-electron chi connectivity index (χ0n) is 14.5. The Hall–Kier alpha value is -2.51. The Bertz CT molecular complexity index is 1080. The van der Waals surface area contributed by atoms with Crippen molar-refractivity contribution in [3.8, 4) is 16.5 Å². The van der Waals surface area contributed by atoms with Gasteiger partial charge in [-0.05, 0) is 44.1 Å². The molecule has 0 saturated carbocycles. The van der Waals surface area contributed by atoms with Crippen molar-refractivity contribution in [3.63, 3.8) is 0 Å². The number of fused-ring (bicyclic) bond motifs is 2. The minimum atomic E-state index is 0.261. The minimum Gasteiger partial charge on any atom is -0.467 e. The summed E-state index contributed by atoms with van der Waals surface area (Å²) in [6.45, 7) is 2.02. The van der Waals surface area contributed by atoms with Crippen molar-refractivity contribution >= 4 is 32.5 Å². The van der Waals surface area contributed by atoms with Gasteiger partial charge in [0, 0.05) is 24.2 Å². The molecule has 132 valence electrons. The average Bonchev–Trinajstić information content (AvgIpc) is 3.22. The monoisotopic (exact) mass is 365 g/mol. The highest BCUT2D eigenvalue weighted by Gasteiger charge is 2.17. The molecule has 1 N–H and O–H groups in total. The van der Waals surface area contributed by atoms with E-state index in [2.05, 4.69) is 38.6 Å². The summed E-state index contributed by atoms with van der Waals surface area (Å²) >= 11 is 1.60. The van der Waals surface area contributed by atoms with E-state index in [1.54, 1.807) is 11.3 Å². The maximum atomic E-state index is 6.07. The van der Waals surface area contributed by atoms with E-state index in [4.69, 9.17) is 4.74 Å². The predicted molar refractivity (Wildman–Crippen MR) is 104 cm³/mol. The standard InChI is InChI=1S/C19H19N5OS/c1-24-11-13-8-12(2-3-15(13)23-24)16-9-18-17(10-21-16)22-19(26-18)25-14-4-6-20-7-5-14/h2-3,8-11,14,20H,4-7H2,1H3. The average molecular weight is 365 g/mol. The van der Waals surface area contributed by atoms with Crippen LogP contribution < -0.4 is 10.1 Å². The van der Waals surface area contributed by atoms with Gasteiger partial charge in [0.15, 0.2) is 0 Å². The number of hydrogen-bond acceptors (Lipinski definition) is 6. The summed E-state index contributed by atoms with van der Waals surface area (Å²) in [5.41, 5.74) is 3.92. The van der Waals surface area contributed by atoms with Crippen LogP contribution in [0.5, 0.6) is 5.19 Å². The quantitative estimate of drug-likeness (QED) is 0.603. The Balaban J connectivity index is 1.46. The second-order valence-electron chi connectivity index (χ2n) is 6.66. The molecule has 1 aromatic carbocycles. The highest BCUT2D eigenvalue weighted by atomic mass is 32.1. The van der Waals surface area contributed by atoms with Gasteiger partial charge < -0.3 is 10.1 Å². The van der Waals surface area contributed by atoms with E-state index in [0.29, 0.717) is 0 Å². The van der Waals surface area contributed by atoms with Gasteiger partial charge in [0.25, 0.3) is 5.19 Å². The lowest BCUT2D eigenvalue weighted by Crippen LogP contribution is -2.34. The molecule has 0 bridgehead atoms. The van der Waals surface area contributed by atoms with Gasteiger partial charge in [0.2, 0.25) is 0 Å². The number of aryl methyl sites for hydroxylation is 1. The van der Waals surface area contributed by atoms with E-state index in [9.17, 15) is 0 Å². The van der Waals surface area contributed by atoms with Gasteiger partial charge in [-0.2, -0.15) is 5.10 Å². The summed E-state index contributed by atoms with van der Waals surface area (Å²) in [6, 6.07) is 8.33. The Morgan fingerprint density at radius 3 is 2.96 bits per heavy atom. The Morgan fingerprint density at radius 2 is 2.08 bits per heavy atom. The van der Waals surface area contributed by atoms with Crippen molar-refractivity contribution in [1.29, 1.82) is 0 Å². The Labute approximate surface area is 154 Å². The number of aromatic nitrogens is 4. The summed E-state index contributed by atoms with van der Waals surface area (Å²) in [5, 5.41) is 9.64. The molecule has 0 radical (unpaired) electrons. The normalized spacial score (nSPS) is 15.7. The molecule has 1 aliphatic rings. The summed E-state index contributed by atoms with van der Waals surface area (Å²) in [7, 11) is 1.94. The van der Waals surface area contributed by atoms with Crippen LogP contribution in [0.2, 0.25) is 0 Å². The lowest BCUT2D eigenvalue weighted by atomic mass is 10.1. The molecule has 0 amide bonds.